The number of oxazole rings is 1. The zero-order valence-electron chi connectivity index (χ0n) is 14.9. The highest BCUT2D eigenvalue weighted by atomic mass is 16.4. The number of amides is 1. The molecule has 0 radical (unpaired) electrons. The first-order valence-corrected chi connectivity index (χ1v) is 9.68. The van der Waals surface area contributed by atoms with Crippen LogP contribution in [0.4, 0.5) is 6.01 Å². The van der Waals surface area contributed by atoms with Crippen LogP contribution in [-0.4, -0.2) is 61.2 Å². The third-order valence-corrected chi connectivity index (χ3v) is 5.98. The van der Waals surface area contributed by atoms with Crippen molar-refractivity contribution in [3.63, 3.8) is 0 Å². The summed E-state index contributed by atoms with van der Waals surface area (Å²) in [6.07, 6.45) is 3.75. The molecule has 1 atom stereocenters. The number of nitrogens with one attached hydrogen (secondary N) is 2. The molecular weight excluding hydrogens is 330 g/mol. The summed E-state index contributed by atoms with van der Waals surface area (Å²) in [5.74, 6) is 0.709. The lowest BCUT2D eigenvalue weighted by molar-refractivity contribution is 0.0295. The Morgan fingerprint density at radius 3 is 2.73 bits per heavy atom. The van der Waals surface area contributed by atoms with Crippen LogP contribution in [0.25, 0.3) is 11.1 Å². The van der Waals surface area contributed by atoms with Gasteiger partial charge in [-0.2, -0.15) is 4.98 Å². The van der Waals surface area contributed by atoms with Gasteiger partial charge in [-0.1, -0.05) is 6.07 Å². The first kappa shape index (κ1) is 16.1. The highest BCUT2D eigenvalue weighted by molar-refractivity contribution is 6.04. The Labute approximate surface area is 152 Å². The SMILES string of the molecule is O=C(N[C@@H]1CC2CCN1CC2)c1cccc2oc(N3CCNCC3)nc12. The van der Waals surface area contributed by atoms with Gasteiger partial charge in [0, 0.05) is 39.3 Å². The van der Waals surface area contributed by atoms with Crippen LogP contribution in [0.1, 0.15) is 29.6 Å². The Morgan fingerprint density at radius 2 is 2.00 bits per heavy atom. The minimum Gasteiger partial charge on any atom is -0.423 e. The molecule has 1 aromatic heterocycles. The molecule has 4 aliphatic rings. The molecule has 1 aromatic carbocycles. The summed E-state index contributed by atoms with van der Waals surface area (Å²) in [6.45, 7) is 5.77. The number of carbonyl (C=O) groups excluding carboxylic acids is 1. The molecule has 2 aromatic rings. The molecule has 0 spiro atoms. The minimum absolute atomic E-state index is 0.0479. The second-order valence-corrected chi connectivity index (χ2v) is 7.59. The van der Waals surface area contributed by atoms with Crippen molar-refractivity contribution in [2.75, 3.05) is 44.2 Å². The first-order valence-electron chi connectivity index (χ1n) is 9.68. The fourth-order valence-corrected chi connectivity index (χ4v) is 4.46. The van der Waals surface area contributed by atoms with Crippen molar-refractivity contribution in [3.05, 3.63) is 23.8 Å². The van der Waals surface area contributed by atoms with Gasteiger partial charge in [-0.3, -0.25) is 9.69 Å². The number of hydrogen-bond donors (Lipinski definition) is 2. The van der Waals surface area contributed by atoms with E-state index in [1.807, 2.05) is 18.2 Å². The molecule has 138 valence electrons. The maximum absolute atomic E-state index is 12.9. The van der Waals surface area contributed by atoms with Crippen LogP contribution in [-0.2, 0) is 0 Å². The van der Waals surface area contributed by atoms with Gasteiger partial charge in [0.15, 0.2) is 5.58 Å². The Balaban J connectivity index is 1.39. The zero-order chi connectivity index (χ0) is 17.5. The number of piperidine rings is 3. The molecule has 0 saturated carbocycles. The third kappa shape index (κ3) is 2.85. The largest absolute Gasteiger partial charge is 0.423 e. The van der Waals surface area contributed by atoms with E-state index in [-0.39, 0.29) is 12.1 Å². The van der Waals surface area contributed by atoms with Crippen LogP contribution in [0.5, 0.6) is 0 Å². The molecular formula is C19H25N5O2. The first-order chi connectivity index (χ1) is 12.8. The van der Waals surface area contributed by atoms with E-state index in [0.717, 1.165) is 51.6 Å². The number of para-hydroxylation sites is 1. The van der Waals surface area contributed by atoms with Gasteiger partial charge in [-0.15, -0.1) is 0 Å². The van der Waals surface area contributed by atoms with Gasteiger partial charge in [0.1, 0.15) is 5.52 Å². The monoisotopic (exact) mass is 355 g/mol. The lowest BCUT2D eigenvalue weighted by Gasteiger charge is -2.45. The molecule has 4 aliphatic heterocycles. The third-order valence-electron chi connectivity index (χ3n) is 5.98. The van der Waals surface area contributed by atoms with Gasteiger partial charge in [0.25, 0.3) is 11.9 Å². The highest BCUT2D eigenvalue weighted by Crippen LogP contribution is 2.31. The number of nitrogens with zero attached hydrogens (tertiary/aromatic N) is 3. The number of aromatic nitrogens is 1. The van der Waals surface area contributed by atoms with Crippen LogP contribution in [0.15, 0.2) is 22.6 Å². The summed E-state index contributed by atoms with van der Waals surface area (Å²) in [4.78, 5) is 22.1. The second-order valence-electron chi connectivity index (χ2n) is 7.59. The van der Waals surface area contributed by atoms with Crippen molar-refractivity contribution in [2.24, 2.45) is 5.92 Å². The molecule has 0 aliphatic carbocycles. The van der Waals surface area contributed by atoms with Crippen molar-refractivity contribution in [3.8, 4) is 0 Å². The molecule has 1 amide bonds. The second kappa shape index (κ2) is 6.55. The highest BCUT2D eigenvalue weighted by Gasteiger charge is 2.34. The summed E-state index contributed by atoms with van der Waals surface area (Å²) < 4.78 is 5.93. The van der Waals surface area contributed by atoms with Gasteiger partial charge in [0.05, 0.1) is 11.7 Å². The maximum Gasteiger partial charge on any atom is 0.298 e. The lowest BCUT2D eigenvalue weighted by atomic mass is 9.86. The van der Waals surface area contributed by atoms with Crippen molar-refractivity contribution in [2.45, 2.75) is 25.4 Å². The summed E-state index contributed by atoms with van der Waals surface area (Å²) in [7, 11) is 0. The van der Waals surface area contributed by atoms with Crippen LogP contribution >= 0.6 is 0 Å². The average Bonchev–Trinajstić information content (AvgIpc) is 3.14. The molecule has 5 heterocycles. The van der Waals surface area contributed by atoms with E-state index < -0.39 is 0 Å². The minimum atomic E-state index is -0.0479. The van der Waals surface area contributed by atoms with Crippen molar-refractivity contribution in [1.29, 1.82) is 0 Å². The topological polar surface area (TPSA) is 73.6 Å². The fourth-order valence-electron chi connectivity index (χ4n) is 4.46. The zero-order valence-corrected chi connectivity index (χ0v) is 14.9. The van der Waals surface area contributed by atoms with Crippen LogP contribution < -0.4 is 15.5 Å². The van der Waals surface area contributed by atoms with Crippen molar-refractivity contribution < 1.29 is 9.21 Å². The standard InChI is InChI=1S/C19H25N5O2/c25-18(21-16-12-13-4-8-23(16)9-5-13)14-2-1-3-15-17(14)22-19(26-15)24-10-6-20-7-11-24/h1-3,13,16,20H,4-12H2,(H,21,25)/t16-/m0/s1. The van der Waals surface area contributed by atoms with Gasteiger partial charge in [-0.25, -0.2) is 0 Å². The van der Waals surface area contributed by atoms with E-state index in [1.165, 1.54) is 12.8 Å². The lowest BCUT2D eigenvalue weighted by Crippen LogP contribution is -2.56. The van der Waals surface area contributed by atoms with Crippen LogP contribution in [0.2, 0.25) is 0 Å². The molecule has 7 nitrogen and oxygen atoms in total. The van der Waals surface area contributed by atoms with Crippen LogP contribution in [0, 0.1) is 5.92 Å². The summed E-state index contributed by atoms with van der Waals surface area (Å²) in [5.41, 5.74) is 1.95. The van der Waals surface area contributed by atoms with E-state index in [0.29, 0.717) is 22.7 Å². The van der Waals surface area contributed by atoms with Crippen molar-refractivity contribution in [1.82, 2.24) is 20.5 Å². The van der Waals surface area contributed by atoms with Gasteiger partial charge in [-0.05, 0) is 37.3 Å². The van der Waals surface area contributed by atoms with E-state index >= 15 is 0 Å². The number of hydrogen-bond acceptors (Lipinski definition) is 6. The Bertz CT molecular complexity index is 805. The maximum atomic E-state index is 12.9. The summed E-state index contributed by atoms with van der Waals surface area (Å²) >= 11 is 0. The molecule has 26 heavy (non-hydrogen) atoms. The normalized spacial score (nSPS) is 28.5. The summed E-state index contributed by atoms with van der Waals surface area (Å²) in [5, 5.41) is 6.56. The number of benzene rings is 1. The van der Waals surface area contributed by atoms with E-state index in [9.17, 15) is 4.79 Å². The summed E-state index contributed by atoms with van der Waals surface area (Å²) in [6, 6.07) is 6.22. The Morgan fingerprint density at radius 1 is 1.19 bits per heavy atom. The quantitative estimate of drug-likeness (QED) is 0.867. The number of anilines is 1. The van der Waals surface area contributed by atoms with E-state index in [2.05, 4.69) is 25.4 Å². The smallest absolute Gasteiger partial charge is 0.298 e. The predicted octanol–water partition coefficient (Wildman–Crippen LogP) is 1.41. The van der Waals surface area contributed by atoms with Gasteiger partial charge in [0.2, 0.25) is 0 Å². The molecule has 6 rings (SSSR count). The van der Waals surface area contributed by atoms with Gasteiger partial charge >= 0.3 is 0 Å². The number of fused-ring (bicyclic) bond motifs is 4. The molecule has 7 heteroatoms. The molecule has 4 saturated heterocycles. The molecule has 4 fully saturated rings. The molecule has 2 bridgehead atoms. The van der Waals surface area contributed by atoms with Gasteiger partial charge < -0.3 is 20.0 Å². The van der Waals surface area contributed by atoms with Crippen molar-refractivity contribution >= 4 is 23.0 Å². The fraction of sp³-hybridized carbons (Fsp3) is 0.579. The molecule has 0 unspecified atom stereocenters. The Kier molecular flexibility index (Phi) is 4.05. The average molecular weight is 355 g/mol. The van der Waals surface area contributed by atoms with E-state index in [4.69, 9.17) is 4.42 Å². The predicted molar refractivity (Wildman–Crippen MR) is 99.3 cm³/mol. The number of rotatable bonds is 3. The van der Waals surface area contributed by atoms with Crippen LogP contribution in [0.3, 0.4) is 0 Å². The molecule has 2 N–H and O–H groups in total. The number of carbonyl (C=O) groups is 1. The Hall–Kier alpha value is -2.12. The van der Waals surface area contributed by atoms with E-state index in [1.54, 1.807) is 0 Å². The number of piperazine rings is 1.